The fourth-order valence-electron chi connectivity index (χ4n) is 2.09. The standard InChI is InChI=1S/C14H21NO4S/c1-12-2-4-14(5-3-12)20(16,17)19-11-10-18-13-6-8-15-9-7-13/h2-5,13,15H,6-11H2,1H3. The third-order valence-electron chi connectivity index (χ3n) is 3.27. The Morgan fingerprint density at radius 2 is 1.80 bits per heavy atom. The molecule has 1 saturated heterocycles. The van der Waals surface area contributed by atoms with E-state index in [0.717, 1.165) is 31.5 Å². The van der Waals surface area contributed by atoms with E-state index in [2.05, 4.69) is 5.32 Å². The Morgan fingerprint density at radius 1 is 1.15 bits per heavy atom. The second kappa shape index (κ2) is 7.17. The quantitative estimate of drug-likeness (QED) is 0.636. The number of benzene rings is 1. The normalized spacial score (nSPS) is 17.2. The average Bonchev–Trinajstić information content (AvgIpc) is 2.45. The Kier molecular flexibility index (Phi) is 5.54. The van der Waals surface area contributed by atoms with Crippen molar-refractivity contribution < 1.29 is 17.3 Å². The minimum absolute atomic E-state index is 0.0557. The summed E-state index contributed by atoms with van der Waals surface area (Å²) < 4.78 is 34.4. The van der Waals surface area contributed by atoms with Gasteiger partial charge in [0.05, 0.1) is 24.2 Å². The van der Waals surface area contributed by atoms with Crippen molar-refractivity contribution >= 4 is 10.1 Å². The molecule has 112 valence electrons. The first-order chi connectivity index (χ1) is 9.58. The summed E-state index contributed by atoms with van der Waals surface area (Å²) in [4.78, 5) is 0.185. The largest absolute Gasteiger partial charge is 0.376 e. The van der Waals surface area contributed by atoms with E-state index in [1.165, 1.54) is 0 Å². The summed E-state index contributed by atoms with van der Waals surface area (Å²) in [6.45, 7) is 4.17. The van der Waals surface area contributed by atoms with E-state index in [1.54, 1.807) is 24.3 Å². The predicted octanol–water partition coefficient (Wildman–Crippen LogP) is 1.47. The number of hydrogen-bond acceptors (Lipinski definition) is 5. The molecule has 2 rings (SSSR count). The number of hydrogen-bond donors (Lipinski definition) is 1. The first-order valence-corrected chi connectivity index (χ1v) is 8.27. The second-order valence-corrected chi connectivity index (χ2v) is 6.52. The van der Waals surface area contributed by atoms with Crippen LogP contribution in [0.1, 0.15) is 18.4 Å². The van der Waals surface area contributed by atoms with Crippen LogP contribution in [0.5, 0.6) is 0 Å². The molecular weight excluding hydrogens is 278 g/mol. The van der Waals surface area contributed by atoms with Crippen LogP contribution in [0.25, 0.3) is 0 Å². The zero-order valence-corrected chi connectivity index (χ0v) is 12.5. The fraction of sp³-hybridized carbons (Fsp3) is 0.571. The van der Waals surface area contributed by atoms with Gasteiger partial charge in [0, 0.05) is 0 Å². The SMILES string of the molecule is Cc1ccc(S(=O)(=O)OCCOC2CCNCC2)cc1. The molecule has 0 atom stereocenters. The van der Waals surface area contributed by atoms with Crippen LogP contribution in [-0.4, -0.2) is 40.8 Å². The molecule has 1 N–H and O–H groups in total. The Morgan fingerprint density at radius 3 is 2.45 bits per heavy atom. The molecule has 0 bridgehead atoms. The molecule has 1 fully saturated rings. The van der Waals surface area contributed by atoms with Crippen LogP contribution >= 0.6 is 0 Å². The van der Waals surface area contributed by atoms with Crippen LogP contribution in [-0.2, 0) is 19.0 Å². The van der Waals surface area contributed by atoms with Crippen molar-refractivity contribution in [1.29, 1.82) is 0 Å². The molecule has 0 aromatic heterocycles. The topological polar surface area (TPSA) is 64.6 Å². The Bertz CT molecular complexity index is 506. The third kappa shape index (κ3) is 4.56. The van der Waals surface area contributed by atoms with Gasteiger partial charge in [0.2, 0.25) is 0 Å². The lowest BCUT2D eigenvalue weighted by molar-refractivity contribution is 0.0177. The van der Waals surface area contributed by atoms with Crippen LogP contribution in [0.15, 0.2) is 29.2 Å². The van der Waals surface area contributed by atoms with E-state index in [-0.39, 0.29) is 17.6 Å². The highest BCUT2D eigenvalue weighted by Gasteiger charge is 2.16. The molecule has 1 aromatic rings. The van der Waals surface area contributed by atoms with E-state index in [4.69, 9.17) is 8.92 Å². The highest BCUT2D eigenvalue weighted by molar-refractivity contribution is 7.86. The zero-order chi connectivity index (χ0) is 14.4. The van der Waals surface area contributed by atoms with Crippen molar-refractivity contribution in [2.75, 3.05) is 26.3 Å². The Labute approximate surface area is 120 Å². The maximum absolute atomic E-state index is 11.9. The molecule has 1 aromatic carbocycles. The molecule has 0 amide bonds. The van der Waals surface area contributed by atoms with Crippen molar-refractivity contribution in [3.8, 4) is 0 Å². The smallest absolute Gasteiger partial charge is 0.297 e. The monoisotopic (exact) mass is 299 g/mol. The lowest BCUT2D eigenvalue weighted by atomic mass is 10.1. The molecule has 0 saturated carbocycles. The molecule has 1 aliphatic heterocycles. The Hall–Kier alpha value is -0.950. The highest BCUT2D eigenvalue weighted by atomic mass is 32.2. The second-order valence-electron chi connectivity index (χ2n) is 4.91. The molecule has 1 aliphatic rings. The van der Waals surface area contributed by atoms with E-state index in [0.29, 0.717) is 6.61 Å². The molecule has 20 heavy (non-hydrogen) atoms. The van der Waals surface area contributed by atoms with Gasteiger partial charge >= 0.3 is 0 Å². The number of aryl methyl sites for hydroxylation is 1. The summed E-state index contributed by atoms with van der Waals surface area (Å²) in [6, 6.07) is 6.61. The van der Waals surface area contributed by atoms with Crippen molar-refractivity contribution in [1.82, 2.24) is 5.32 Å². The van der Waals surface area contributed by atoms with Crippen LogP contribution in [0, 0.1) is 6.92 Å². The molecule has 6 heteroatoms. The van der Waals surface area contributed by atoms with E-state index < -0.39 is 10.1 Å². The van der Waals surface area contributed by atoms with Crippen LogP contribution in [0.4, 0.5) is 0 Å². The highest BCUT2D eigenvalue weighted by Crippen LogP contribution is 2.13. The van der Waals surface area contributed by atoms with Gasteiger partial charge in [0.15, 0.2) is 0 Å². The Balaban J connectivity index is 1.76. The summed E-state index contributed by atoms with van der Waals surface area (Å²) >= 11 is 0. The van der Waals surface area contributed by atoms with Gasteiger partial charge in [0.1, 0.15) is 0 Å². The van der Waals surface area contributed by atoms with Gasteiger partial charge in [-0.25, -0.2) is 0 Å². The van der Waals surface area contributed by atoms with Gasteiger partial charge in [0.25, 0.3) is 10.1 Å². The van der Waals surface area contributed by atoms with Gasteiger partial charge in [-0.3, -0.25) is 4.18 Å². The number of ether oxygens (including phenoxy) is 1. The fourth-order valence-corrected chi connectivity index (χ4v) is 2.99. The van der Waals surface area contributed by atoms with Gasteiger partial charge in [-0.05, 0) is 45.0 Å². The first-order valence-electron chi connectivity index (χ1n) is 6.86. The van der Waals surface area contributed by atoms with Crippen LogP contribution < -0.4 is 5.32 Å². The third-order valence-corrected chi connectivity index (χ3v) is 4.60. The maximum Gasteiger partial charge on any atom is 0.297 e. The summed E-state index contributed by atoms with van der Waals surface area (Å²) in [5.74, 6) is 0. The van der Waals surface area contributed by atoms with Gasteiger partial charge in [-0.2, -0.15) is 8.42 Å². The first kappa shape index (κ1) is 15.4. The van der Waals surface area contributed by atoms with Crippen LogP contribution in [0.3, 0.4) is 0 Å². The molecular formula is C14H21NO4S. The molecule has 0 radical (unpaired) electrons. The molecule has 0 unspecified atom stereocenters. The van der Waals surface area contributed by atoms with E-state index >= 15 is 0 Å². The summed E-state index contributed by atoms with van der Waals surface area (Å²) in [7, 11) is -3.67. The number of rotatable bonds is 6. The van der Waals surface area contributed by atoms with Crippen LogP contribution in [0.2, 0.25) is 0 Å². The van der Waals surface area contributed by atoms with Crippen molar-refractivity contribution in [3.63, 3.8) is 0 Å². The summed E-state index contributed by atoms with van der Waals surface area (Å²) in [5, 5.41) is 3.25. The van der Waals surface area contributed by atoms with Gasteiger partial charge in [-0.1, -0.05) is 17.7 Å². The van der Waals surface area contributed by atoms with Crippen molar-refractivity contribution in [3.05, 3.63) is 29.8 Å². The molecule has 1 heterocycles. The summed E-state index contributed by atoms with van der Waals surface area (Å²) in [6.07, 6.45) is 2.14. The number of piperidine rings is 1. The molecule has 0 aliphatic carbocycles. The maximum atomic E-state index is 11.9. The zero-order valence-electron chi connectivity index (χ0n) is 11.7. The predicted molar refractivity (Wildman–Crippen MR) is 76.2 cm³/mol. The van der Waals surface area contributed by atoms with Crippen molar-refractivity contribution in [2.24, 2.45) is 0 Å². The van der Waals surface area contributed by atoms with Crippen molar-refractivity contribution in [2.45, 2.75) is 30.8 Å². The molecule has 0 spiro atoms. The van der Waals surface area contributed by atoms with Gasteiger partial charge < -0.3 is 10.1 Å². The van der Waals surface area contributed by atoms with E-state index in [1.807, 2.05) is 6.92 Å². The van der Waals surface area contributed by atoms with Gasteiger partial charge in [-0.15, -0.1) is 0 Å². The van der Waals surface area contributed by atoms with E-state index in [9.17, 15) is 8.42 Å². The number of nitrogens with one attached hydrogen (secondary N) is 1. The minimum Gasteiger partial charge on any atom is -0.376 e. The lowest BCUT2D eigenvalue weighted by Gasteiger charge is -2.22. The average molecular weight is 299 g/mol. The molecule has 5 nitrogen and oxygen atoms in total. The lowest BCUT2D eigenvalue weighted by Crippen LogP contribution is -2.33. The summed E-state index contributed by atoms with van der Waals surface area (Å²) in [5.41, 5.74) is 1.01. The minimum atomic E-state index is -3.67.